The van der Waals surface area contributed by atoms with E-state index in [4.69, 9.17) is 5.41 Å². The Morgan fingerprint density at radius 1 is 1.16 bits per heavy atom. The van der Waals surface area contributed by atoms with Crippen molar-refractivity contribution in [3.8, 4) is 5.69 Å². The van der Waals surface area contributed by atoms with E-state index in [1.165, 1.54) is 0 Å². The van der Waals surface area contributed by atoms with Crippen molar-refractivity contribution in [2.24, 2.45) is 0 Å². The summed E-state index contributed by atoms with van der Waals surface area (Å²) in [4.78, 5) is 4.45. The highest BCUT2D eigenvalue weighted by Crippen LogP contribution is 2.25. The fourth-order valence-electron chi connectivity index (χ4n) is 2.06. The molecule has 2 aromatic carbocycles. The average molecular weight is 314 g/mol. The first-order valence-corrected chi connectivity index (χ1v) is 6.55. The molecule has 0 radical (unpaired) electrons. The summed E-state index contributed by atoms with van der Waals surface area (Å²) >= 11 is 3.46. The van der Waals surface area contributed by atoms with Crippen molar-refractivity contribution >= 4 is 39.3 Å². The molecule has 0 atom stereocenters. The van der Waals surface area contributed by atoms with Gasteiger partial charge in [-0.1, -0.05) is 34.1 Å². The molecule has 19 heavy (non-hydrogen) atoms. The largest absolute Gasteiger partial charge is 0.472 e. The average Bonchev–Trinajstić information content (AvgIpc) is 2.77. The highest BCUT2D eigenvalue weighted by molar-refractivity contribution is 9.10. The summed E-state index contributed by atoms with van der Waals surface area (Å²) in [7, 11) is 0. The molecule has 0 spiro atoms. The summed E-state index contributed by atoms with van der Waals surface area (Å²) in [5.74, 6) is 0.571. The summed E-state index contributed by atoms with van der Waals surface area (Å²) < 4.78 is 2.94. The fraction of sp³-hybridized carbons (Fsp3) is 0. The predicted octanol–water partition coefficient (Wildman–Crippen LogP) is 3.80. The molecule has 1 N–H and O–H groups in total. The van der Waals surface area contributed by atoms with Crippen molar-refractivity contribution in [1.29, 1.82) is 0 Å². The molecule has 0 aliphatic rings. The maximum absolute atomic E-state index is 8.97. The number of hydrogen-bond donors (Lipinski definition) is 1. The summed E-state index contributed by atoms with van der Waals surface area (Å²) in [5, 5.41) is 11.7. The van der Waals surface area contributed by atoms with Gasteiger partial charge in [0.25, 0.3) is 0 Å². The van der Waals surface area contributed by atoms with Gasteiger partial charge in [0.05, 0.1) is 11.0 Å². The summed E-state index contributed by atoms with van der Waals surface area (Å²) in [6.07, 6.45) is 0.885. The van der Waals surface area contributed by atoms with Gasteiger partial charge < -0.3 is 10.7 Å². The molecule has 3 aromatic rings. The van der Waals surface area contributed by atoms with Crippen LogP contribution in [0.4, 0.5) is 5.95 Å². The molecule has 0 amide bonds. The van der Waals surface area contributed by atoms with Gasteiger partial charge in [-0.05, 0) is 30.3 Å². The Hall–Kier alpha value is -2.14. The van der Waals surface area contributed by atoms with Gasteiger partial charge in [-0.15, -0.1) is 6.34 Å². The van der Waals surface area contributed by atoms with E-state index in [0.717, 1.165) is 27.5 Å². The smallest absolute Gasteiger partial charge is 0.126 e. The van der Waals surface area contributed by atoms with Gasteiger partial charge in [-0.25, -0.2) is 4.98 Å². The van der Waals surface area contributed by atoms with Gasteiger partial charge in [0, 0.05) is 10.2 Å². The van der Waals surface area contributed by atoms with E-state index in [1.54, 1.807) is 0 Å². The molecule has 0 saturated carbocycles. The molecule has 0 fully saturated rings. The van der Waals surface area contributed by atoms with Crippen LogP contribution in [0.5, 0.6) is 0 Å². The number of benzene rings is 2. The van der Waals surface area contributed by atoms with Crippen LogP contribution >= 0.6 is 15.9 Å². The second kappa shape index (κ2) is 4.85. The predicted molar refractivity (Wildman–Crippen MR) is 81.8 cm³/mol. The van der Waals surface area contributed by atoms with Crippen LogP contribution in [0.3, 0.4) is 0 Å². The van der Waals surface area contributed by atoms with Crippen LogP contribution in [-0.2, 0) is 0 Å². The maximum atomic E-state index is 8.97. The van der Waals surface area contributed by atoms with Crippen molar-refractivity contribution < 1.29 is 0 Å². The summed E-state index contributed by atoms with van der Waals surface area (Å²) in [6, 6.07) is 15.7. The van der Waals surface area contributed by atoms with E-state index in [9.17, 15) is 0 Å². The number of aromatic nitrogens is 2. The van der Waals surface area contributed by atoms with Crippen LogP contribution in [0, 0.1) is 0 Å². The van der Waals surface area contributed by atoms with Gasteiger partial charge in [-0.2, -0.15) is 0 Å². The molecule has 4 nitrogen and oxygen atoms in total. The molecule has 5 heteroatoms. The van der Waals surface area contributed by atoms with E-state index < -0.39 is 0 Å². The second-order valence-electron chi connectivity index (χ2n) is 4.01. The number of anilines is 1. The Labute approximate surface area is 118 Å². The SMILES string of the molecule is [N-]=CNc1nc2ccccc2n1-c1cccc(Br)c1. The quantitative estimate of drug-likeness (QED) is 0.590. The standard InChI is InChI=1S/C14H10BrN4/c15-10-4-3-5-11(8-10)19-13-7-2-1-6-12(13)18-14(19)17-9-16/h1-9H,(H-,16,17,18)/q-1. The van der Waals surface area contributed by atoms with E-state index in [2.05, 4.69) is 26.2 Å². The van der Waals surface area contributed by atoms with Crippen LogP contribution in [0.25, 0.3) is 22.1 Å². The number of imidazole rings is 1. The summed E-state index contributed by atoms with van der Waals surface area (Å²) in [6.45, 7) is 0. The van der Waals surface area contributed by atoms with Crippen LogP contribution < -0.4 is 5.32 Å². The molecule has 0 unspecified atom stereocenters. The molecular weight excluding hydrogens is 304 g/mol. The zero-order valence-electron chi connectivity index (χ0n) is 9.92. The lowest BCUT2D eigenvalue weighted by atomic mass is 10.3. The third kappa shape index (κ3) is 2.13. The lowest BCUT2D eigenvalue weighted by Gasteiger charge is -2.12. The molecule has 1 aromatic heterocycles. The molecule has 3 rings (SSSR count). The van der Waals surface area contributed by atoms with Crippen molar-refractivity contribution in [3.05, 3.63) is 58.4 Å². The van der Waals surface area contributed by atoms with Gasteiger partial charge in [-0.3, -0.25) is 4.57 Å². The second-order valence-corrected chi connectivity index (χ2v) is 4.93. The third-order valence-electron chi connectivity index (χ3n) is 2.82. The molecule has 0 bridgehead atoms. The molecule has 0 aliphatic heterocycles. The topological polar surface area (TPSA) is 52.1 Å². The summed E-state index contributed by atoms with van der Waals surface area (Å²) in [5.41, 5.74) is 2.81. The van der Waals surface area contributed by atoms with Gasteiger partial charge in [0.2, 0.25) is 0 Å². The molecule has 0 aliphatic carbocycles. The highest BCUT2D eigenvalue weighted by Gasteiger charge is 2.08. The molecule has 0 saturated heterocycles. The Morgan fingerprint density at radius 2 is 2.00 bits per heavy atom. The lowest BCUT2D eigenvalue weighted by Crippen LogP contribution is -2.03. The number of nitrogens with zero attached hydrogens (tertiary/aromatic N) is 3. The zero-order chi connectivity index (χ0) is 13.2. The van der Waals surface area contributed by atoms with E-state index in [0.29, 0.717) is 5.95 Å². The van der Waals surface area contributed by atoms with Crippen LogP contribution in [0.1, 0.15) is 0 Å². The number of rotatable bonds is 3. The Balaban J connectivity index is 2.31. The minimum atomic E-state index is 0.571. The van der Waals surface area contributed by atoms with E-state index in [-0.39, 0.29) is 0 Å². The van der Waals surface area contributed by atoms with Gasteiger partial charge in [0.15, 0.2) is 0 Å². The molecule has 1 heterocycles. The first kappa shape index (κ1) is 11.9. The first-order valence-electron chi connectivity index (χ1n) is 5.75. The van der Waals surface area contributed by atoms with E-state index >= 15 is 0 Å². The number of fused-ring (bicyclic) bond motifs is 1. The van der Waals surface area contributed by atoms with Crippen molar-refractivity contribution in [2.45, 2.75) is 0 Å². The molecule has 94 valence electrons. The Morgan fingerprint density at radius 3 is 2.79 bits per heavy atom. The highest BCUT2D eigenvalue weighted by atomic mass is 79.9. The normalized spacial score (nSPS) is 10.6. The van der Waals surface area contributed by atoms with E-state index in [1.807, 2.05) is 53.1 Å². The fourth-order valence-corrected chi connectivity index (χ4v) is 2.44. The number of halogens is 1. The number of para-hydroxylation sites is 2. The zero-order valence-corrected chi connectivity index (χ0v) is 11.5. The Bertz CT molecular complexity index is 748. The van der Waals surface area contributed by atoms with Crippen LogP contribution in [0.15, 0.2) is 53.0 Å². The lowest BCUT2D eigenvalue weighted by molar-refractivity contribution is 1.10. The first-order chi connectivity index (χ1) is 9.29. The van der Waals surface area contributed by atoms with Crippen molar-refractivity contribution in [2.75, 3.05) is 5.32 Å². The monoisotopic (exact) mass is 313 g/mol. The minimum Gasteiger partial charge on any atom is -0.472 e. The van der Waals surface area contributed by atoms with Crippen molar-refractivity contribution in [3.63, 3.8) is 0 Å². The van der Waals surface area contributed by atoms with Gasteiger partial charge in [0.1, 0.15) is 5.95 Å². The van der Waals surface area contributed by atoms with Crippen molar-refractivity contribution in [1.82, 2.24) is 9.55 Å². The van der Waals surface area contributed by atoms with Crippen LogP contribution in [-0.4, -0.2) is 15.9 Å². The Kier molecular flexibility index (Phi) is 3.05. The van der Waals surface area contributed by atoms with Crippen LogP contribution in [0.2, 0.25) is 0 Å². The number of hydrogen-bond acceptors (Lipinski definition) is 1. The maximum Gasteiger partial charge on any atom is 0.126 e. The minimum absolute atomic E-state index is 0.571. The third-order valence-corrected chi connectivity index (χ3v) is 3.31. The van der Waals surface area contributed by atoms with Gasteiger partial charge >= 0.3 is 0 Å². The number of nitrogens with one attached hydrogen (secondary N) is 1. The molecular formula is C14H10BrN4-.